The lowest BCUT2D eigenvalue weighted by atomic mass is 10.1. The fourth-order valence-corrected chi connectivity index (χ4v) is 1.39. The normalized spacial score (nSPS) is 11.9. The van der Waals surface area contributed by atoms with E-state index in [0.29, 0.717) is 17.7 Å². The summed E-state index contributed by atoms with van der Waals surface area (Å²) in [4.78, 5) is 22.4. The maximum atomic E-state index is 11.6. The molecule has 0 saturated heterocycles. The molecule has 17 heavy (non-hydrogen) atoms. The van der Waals surface area contributed by atoms with Crippen molar-refractivity contribution in [1.82, 2.24) is 0 Å². The fraction of sp³-hybridized carbons (Fsp3) is 0.333. The molecule has 2 amide bonds. The average molecular weight is 235 g/mol. The molecule has 0 heterocycles. The molecule has 5 N–H and O–H groups in total. The van der Waals surface area contributed by atoms with E-state index in [1.54, 1.807) is 24.3 Å². The summed E-state index contributed by atoms with van der Waals surface area (Å²) in [6.07, 6.45) is 1.50. The number of amides is 2. The predicted octanol–water partition coefficient (Wildman–Crippen LogP) is 0.851. The van der Waals surface area contributed by atoms with Gasteiger partial charge in [0.15, 0.2) is 0 Å². The standard InChI is InChI=1S/C12H17N3O2/c1-2-3-10(13)12(17)15-9-6-4-8(5-7-9)11(14)16/h4-7,10H,2-3,13H2,1H3,(H2,14,16)(H,15,17)/t10-/m0/s1. The average Bonchev–Trinajstić information content (AvgIpc) is 2.30. The summed E-state index contributed by atoms with van der Waals surface area (Å²) in [5, 5.41) is 2.68. The topological polar surface area (TPSA) is 98.2 Å². The summed E-state index contributed by atoms with van der Waals surface area (Å²) in [7, 11) is 0. The SMILES string of the molecule is CCC[C@H](N)C(=O)Nc1ccc(C(N)=O)cc1. The van der Waals surface area contributed by atoms with E-state index in [2.05, 4.69) is 5.32 Å². The van der Waals surface area contributed by atoms with Gasteiger partial charge in [0.2, 0.25) is 11.8 Å². The number of primary amides is 1. The Morgan fingerprint density at radius 1 is 1.29 bits per heavy atom. The maximum Gasteiger partial charge on any atom is 0.248 e. The van der Waals surface area contributed by atoms with Crippen LogP contribution in [-0.2, 0) is 4.79 Å². The number of rotatable bonds is 5. The molecule has 1 aromatic rings. The number of hydrogen-bond acceptors (Lipinski definition) is 3. The smallest absolute Gasteiger partial charge is 0.248 e. The summed E-state index contributed by atoms with van der Waals surface area (Å²) < 4.78 is 0. The van der Waals surface area contributed by atoms with Gasteiger partial charge in [-0.05, 0) is 30.7 Å². The highest BCUT2D eigenvalue weighted by molar-refractivity contribution is 5.96. The third-order valence-corrected chi connectivity index (χ3v) is 2.37. The molecule has 0 radical (unpaired) electrons. The minimum Gasteiger partial charge on any atom is -0.366 e. The van der Waals surface area contributed by atoms with Crippen molar-refractivity contribution in [2.24, 2.45) is 11.5 Å². The van der Waals surface area contributed by atoms with Gasteiger partial charge in [0.1, 0.15) is 0 Å². The second-order valence-electron chi connectivity index (χ2n) is 3.83. The van der Waals surface area contributed by atoms with Crippen molar-refractivity contribution in [3.8, 4) is 0 Å². The summed E-state index contributed by atoms with van der Waals surface area (Å²) in [5.41, 5.74) is 11.8. The highest BCUT2D eigenvalue weighted by Crippen LogP contribution is 2.09. The van der Waals surface area contributed by atoms with Crippen molar-refractivity contribution >= 4 is 17.5 Å². The fourth-order valence-electron chi connectivity index (χ4n) is 1.39. The van der Waals surface area contributed by atoms with Crippen molar-refractivity contribution in [1.29, 1.82) is 0 Å². The Hall–Kier alpha value is -1.88. The van der Waals surface area contributed by atoms with Crippen LogP contribution in [-0.4, -0.2) is 17.9 Å². The second-order valence-corrected chi connectivity index (χ2v) is 3.83. The first-order chi connectivity index (χ1) is 8.04. The molecule has 0 fully saturated rings. The molecule has 0 unspecified atom stereocenters. The monoisotopic (exact) mass is 235 g/mol. The number of carbonyl (C=O) groups is 2. The first-order valence-corrected chi connectivity index (χ1v) is 5.51. The van der Waals surface area contributed by atoms with Crippen LogP contribution in [0.2, 0.25) is 0 Å². The number of nitrogens with two attached hydrogens (primary N) is 2. The van der Waals surface area contributed by atoms with Crippen LogP contribution in [0.5, 0.6) is 0 Å². The molecule has 1 atom stereocenters. The van der Waals surface area contributed by atoms with E-state index in [0.717, 1.165) is 6.42 Å². The molecule has 5 nitrogen and oxygen atoms in total. The molecule has 0 aliphatic carbocycles. The van der Waals surface area contributed by atoms with E-state index in [1.165, 1.54) is 0 Å². The van der Waals surface area contributed by atoms with E-state index in [9.17, 15) is 9.59 Å². The van der Waals surface area contributed by atoms with Crippen molar-refractivity contribution in [2.45, 2.75) is 25.8 Å². The zero-order valence-electron chi connectivity index (χ0n) is 9.77. The van der Waals surface area contributed by atoms with Gasteiger partial charge in [-0.2, -0.15) is 0 Å². The third kappa shape index (κ3) is 3.88. The Balaban J connectivity index is 2.63. The lowest BCUT2D eigenvalue weighted by Crippen LogP contribution is -2.35. The molecule has 5 heteroatoms. The van der Waals surface area contributed by atoms with E-state index in [4.69, 9.17) is 11.5 Å². The van der Waals surface area contributed by atoms with Gasteiger partial charge in [0.05, 0.1) is 6.04 Å². The molecule has 92 valence electrons. The number of benzene rings is 1. The summed E-state index contributed by atoms with van der Waals surface area (Å²) in [6, 6.07) is 5.86. The summed E-state index contributed by atoms with van der Waals surface area (Å²) >= 11 is 0. The van der Waals surface area contributed by atoms with Crippen molar-refractivity contribution in [2.75, 3.05) is 5.32 Å². The summed E-state index contributed by atoms with van der Waals surface area (Å²) in [5.74, 6) is -0.718. The van der Waals surface area contributed by atoms with Gasteiger partial charge in [0, 0.05) is 11.3 Å². The Bertz CT molecular complexity index is 401. The number of nitrogens with one attached hydrogen (secondary N) is 1. The van der Waals surface area contributed by atoms with Crippen LogP contribution in [0.3, 0.4) is 0 Å². The highest BCUT2D eigenvalue weighted by Gasteiger charge is 2.12. The van der Waals surface area contributed by atoms with Crippen molar-refractivity contribution in [3.05, 3.63) is 29.8 Å². The van der Waals surface area contributed by atoms with Crippen LogP contribution in [0.1, 0.15) is 30.1 Å². The van der Waals surface area contributed by atoms with Crippen LogP contribution in [0, 0.1) is 0 Å². The third-order valence-electron chi connectivity index (χ3n) is 2.37. The molecule has 0 spiro atoms. The van der Waals surface area contributed by atoms with E-state index >= 15 is 0 Å². The molecule has 0 aliphatic heterocycles. The minimum absolute atomic E-state index is 0.223. The first-order valence-electron chi connectivity index (χ1n) is 5.51. The molecule has 0 saturated carbocycles. The van der Waals surface area contributed by atoms with Crippen LogP contribution in [0.25, 0.3) is 0 Å². The van der Waals surface area contributed by atoms with Crippen molar-refractivity contribution < 1.29 is 9.59 Å². The lowest BCUT2D eigenvalue weighted by molar-refractivity contribution is -0.117. The Kier molecular flexibility index (Phi) is 4.66. The van der Waals surface area contributed by atoms with Gasteiger partial charge in [0.25, 0.3) is 0 Å². The molecule has 0 aliphatic rings. The highest BCUT2D eigenvalue weighted by atomic mass is 16.2. The molecule has 1 rings (SSSR count). The van der Waals surface area contributed by atoms with Crippen LogP contribution in [0.4, 0.5) is 5.69 Å². The predicted molar refractivity (Wildman–Crippen MR) is 66.5 cm³/mol. The quantitative estimate of drug-likeness (QED) is 0.705. The second kappa shape index (κ2) is 6.00. The van der Waals surface area contributed by atoms with Crippen LogP contribution < -0.4 is 16.8 Å². The largest absolute Gasteiger partial charge is 0.366 e. The van der Waals surface area contributed by atoms with Gasteiger partial charge in [-0.3, -0.25) is 9.59 Å². The van der Waals surface area contributed by atoms with Crippen LogP contribution >= 0.6 is 0 Å². The zero-order chi connectivity index (χ0) is 12.8. The molecule has 0 aromatic heterocycles. The lowest BCUT2D eigenvalue weighted by Gasteiger charge is -2.11. The maximum absolute atomic E-state index is 11.6. The Labute approximate surface area is 100 Å². The van der Waals surface area contributed by atoms with Crippen LogP contribution in [0.15, 0.2) is 24.3 Å². The summed E-state index contributed by atoms with van der Waals surface area (Å²) in [6.45, 7) is 1.97. The molecule has 0 bridgehead atoms. The van der Waals surface area contributed by atoms with Gasteiger partial charge in [-0.1, -0.05) is 13.3 Å². The number of hydrogen-bond donors (Lipinski definition) is 3. The Morgan fingerprint density at radius 3 is 2.35 bits per heavy atom. The number of anilines is 1. The van der Waals surface area contributed by atoms with E-state index in [-0.39, 0.29) is 5.91 Å². The minimum atomic E-state index is -0.504. The van der Waals surface area contributed by atoms with E-state index in [1.807, 2.05) is 6.92 Å². The molecular weight excluding hydrogens is 218 g/mol. The van der Waals surface area contributed by atoms with Crippen molar-refractivity contribution in [3.63, 3.8) is 0 Å². The Morgan fingerprint density at radius 2 is 1.88 bits per heavy atom. The number of carbonyl (C=O) groups excluding carboxylic acids is 2. The first kappa shape index (κ1) is 13.2. The van der Waals surface area contributed by atoms with Gasteiger partial charge < -0.3 is 16.8 Å². The van der Waals surface area contributed by atoms with Gasteiger partial charge >= 0.3 is 0 Å². The zero-order valence-corrected chi connectivity index (χ0v) is 9.77. The molecular formula is C12H17N3O2. The van der Waals surface area contributed by atoms with Gasteiger partial charge in [-0.25, -0.2) is 0 Å². The van der Waals surface area contributed by atoms with Gasteiger partial charge in [-0.15, -0.1) is 0 Å². The molecule has 1 aromatic carbocycles. The van der Waals surface area contributed by atoms with E-state index < -0.39 is 11.9 Å².